The number of thioether (sulfide) groups is 1. The van der Waals surface area contributed by atoms with Gasteiger partial charge in [0.2, 0.25) is 5.91 Å². The molecule has 0 fully saturated rings. The zero-order valence-electron chi connectivity index (χ0n) is 20.7. The van der Waals surface area contributed by atoms with Crippen LogP contribution in [0.3, 0.4) is 0 Å². The molecule has 1 amide bonds. The summed E-state index contributed by atoms with van der Waals surface area (Å²) >= 11 is 1.53. The molecule has 1 N–H and O–H groups in total. The van der Waals surface area contributed by atoms with Gasteiger partial charge in [-0.1, -0.05) is 44.2 Å². The molecule has 0 unspecified atom stereocenters. The fourth-order valence-corrected chi connectivity index (χ4v) is 5.61. The largest absolute Gasteiger partial charge is 0.492 e. The number of carbonyl (C=O) groups excluding carboxylic acids is 1. The molecular formula is C27H32N2O4S2. The van der Waals surface area contributed by atoms with Gasteiger partial charge in [-0.2, -0.15) is 0 Å². The maximum atomic E-state index is 13.8. The molecule has 0 heterocycles. The van der Waals surface area contributed by atoms with E-state index in [1.807, 2.05) is 38.3 Å². The lowest BCUT2D eigenvalue weighted by Crippen LogP contribution is -2.38. The summed E-state index contributed by atoms with van der Waals surface area (Å²) in [4.78, 5) is 14.4. The molecule has 3 aromatic rings. The van der Waals surface area contributed by atoms with Gasteiger partial charge in [0, 0.05) is 10.6 Å². The molecule has 0 aliphatic rings. The van der Waals surface area contributed by atoms with Gasteiger partial charge in [-0.05, 0) is 73.5 Å². The van der Waals surface area contributed by atoms with E-state index in [0.717, 1.165) is 20.3 Å². The van der Waals surface area contributed by atoms with Crippen LogP contribution in [0.15, 0.2) is 76.5 Å². The average Bonchev–Trinajstić information content (AvgIpc) is 2.84. The van der Waals surface area contributed by atoms with Crippen molar-refractivity contribution in [3.8, 4) is 5.75 Å². The van der Waals surface area contributed by atoms with Crippen LogP contribution < -0.4 is 14.4 Å². The number of hydrogen-bond acceptors (Lipinski definition) is 5. The Labute approximate surface area is 212 Å². The maximum Gasteiger partial charge on any atom is 0.264 e. The first kappa shape index (κ1) is 26.6. The van der Waals surface area contributed by atoms with Gasteiger partial charge in [-0.25, -0.2) is 8.42 Å². The minimum Gasteiger partial charge on any atom is -0.492 e. The number of sulfonamides is 1. The van der Waals surface area contributed by atoms with E-state index < -0.39 is 22.5 Å². The van der Waals surface area contributed by atoms with Gasteiger partial charge in [-0.3, -0.25) is 9.10 Å². The summed E-state index contributed by atoms with van der Waals surface area (Å²) in [5, 5.41) is 2.96. The normalized spacial score (nSPS) is 11.4. The quantitative estimate of drug-likeness (QED) is 0.334. The summed E-state index contributed by atoms with van der Waals surface area (Å²) in [5.41, 5.74) is 2.94. The molecule has 0 saturated heterocycles. The molecule has 0 aromatic heterocycles. The number of nitrogens with one attached hydrogen (secondary N) is 1. The first-order chi connectivity index (χ1) is 16.7. The van der Waals surface area contributed by atoms with Crippen LogP contribution in [0.4, 0.5) is 11.4 Å². The number of para-hydroxylation sites is 3. The van der Waals surface area contributed by atoms with Gasteiger partial charge >= 0.3 is 0 Å². The van der Waals surface area contributed by atoms with Gasteiger partial charge in [0.05, 0.1) is 17.2 Å². The molecule has 3 rings (SSSR count). The third kappa shape index (κ3) is 6.18. The maximum absolute atomic E-state index is 13.8. The highest BCUT2D eigenvalue weighted by Crippen LogP contribution is 2.33. The zero-order valence-corrected chi connectivity index (χ0v) is 22.4. The molecule has 3 aromatic carbocycles. The molecule has 0 atom stereocenters. The van der Waals surface area contributed by atoms with Crippen LogP contribution in [0.1, 0.15) is 37.8 Å². The van der Waals surface area contributed by atoms with E-state index in [9.17, 15) is 13.2 Å². The van der Waals surface area contributed by atoms with E-state index in [0.29, 0.717) is 23.7 Å². The number of aryl methyl sites for hydroxylation is 1. The molecule has 0 spiro atoms. The number of benzene rings is 3. The number of rotatable bonds is 10. The third-order valence-electron chi connectivity index (χ3n) is 5.56. The Balaban J connectivity index is 2.04. The first-order valence-electron chi connectivity index (χ1n) is 11.5. The number of amides is 1. The monoisotopic (exact) mass is 512 g/mol. The topological polar surface area (TPSA) is 75.7 Å². The molecule has 6 nitrogen and oxygen atoms in total. The van der Waals surface area contributed by atoms with Gasteiger partial charge in [0.1, 0.15) is 12.3 Å². The number of nitrogens with zero attached hydrogens (tertiary/aromatic N) is 1. The Kier molecular flexibility index (Phi) is 8.86. The average molecular weight is 513 g/mol. The van der Waals surface area contributed by atoms with E-state index in [1.54, 1.807) is 48.5 Å². The Hall–Kier alpha value is -2.97. The molecule has 35 heavy (non-hydrogen) atoms. The second-order valence-corrected chi connectivity index (χ2v) is 11.1. The summed E-state index contributed by atoms with van der Waals surface area (Å²) in [5.74, 6) is 0.154. The third-order valence-corrected chi connectivity index (χ3v) is 8.08. The predicted molar refractivity (Wildman–Crippen MR) is 144 cm³/mol. The summed E-state index contributed by atoms with van der Waals surface area (Å²) in [6.45, 7) is 7.82. The lowest BCUT2D eigenvalue weighted by atomic mass is 9.98. The van der Waals surface area contributed by atoms with Gasteiger partial charge in [0.25, 0.3) is 10.0 Å². The van der Waals surface area contributed by atoms with Crippen LogP contribution in [-0.2, 0) is 14.8 Å². The molecule has 186 valence electrons. The highest BCUT2D eigenvalue weighted by atomic mass is 32.2. The van der Waals surface area contributed by atoms with Crippen molar-refractivity contribution in [2.24, 2.45) is 0 Å². The molecule has 0 saturated carbocycles. The Morgan fingerprint density at radius 3 is 2.34 bits per heavy atom. The SMILES string of the molecule is CCOc1ccccc1N(CC(=O)Nc1c(C)cccc1C(C)C)S(=O)(=O)c1ccc(SC)cc1. The van der Waals surface area contributed by atoms with E-state index in [-0.39, 0.29) is 10.8 Å². The van der Waals surface area contributed by atoms with Gasteiger partial charge in [0.15, 0.2) is 0 Å². The van der Waals surface area contributed by atoms with E-state index in [1.165, 1.54) is 11.8 Å². The second-order valence-electron chi connectivity index (χ2n) is 8.33. The Morgan fingerprint density at radius 1 is 1.03 bits per heavy atom. The number of hydrogen-bond donors (Lipinski definition) is 1. The standard InChI is InChI=1S/C27H32N2O4S2/c1-6-33-25-13-8-7-12-24(25)29(35(31,32)22-16-14-21(34-5)15-17-22)18-26(30)28-27-20(4)10-9-11-23(27)19(2)3/h7-17,19H,6,18H2,1-5H3,(H,28,30). The lowest BCUT2D eigenvalue weighted by Gasteiger charge is -2.26. The van der Waals surface area contributed by atoms with Gasteiger partial charge < -0.3 is 10.1 Å². The number of carbonyl (C=O) groups is 1. The van der Waals surface area contributed by atoms with Crippen LogP contribution in [-0.4, -0.2) is 33.7 Å². The summed E-state index contributed by atoms with van der Waals surface area (Å²) in [7, 11) is -4.06. The number of anilines is 2. The van der Waals surface area contributed by atoms with E-state index >= 15 is 0 Å². The molecular weight excluding hydrogens is 480 g/mol. The molecule has 0 aliphatic heterocycles. The summed E-state index contributed by atoms with van der Waals surface area (Å²) in [6.07, 6.45) is 1.93. The first-order valence-corrected chi connectivity index (χ1v) is 14.1. The van der Waals surface area contributed by atoms with Crippen molar-refractivity contribution in [3.63, 3.8) is 0 Å². The highest BCUT2D eigenvalue weighted by Gasteiger charge is 2.30. The summed E-state index contributed by atoms with van der Waals surface area (Å²) < 4.78 is 34.4. The molecule has 0 bridgehead atoms. The smallest absolute Gasteiger partial charge is 0.264 e. The van der Waals surface area contributed by atoms with Gasteiger partial charge in [-0.15, -0.1) is 11.8 Å². The van der Waals surface area contributed by atoms with Crippen molar-refractivity contribution in [1.82, 2.24) is 0 Å². The molecule has 8 heteroatoms. The fraction of sp³-hybridized carbons (Fsp3) is 0.296. The van der Waals surface area contributed by atoms with Crippen molar-refractivity contribution in [3.05, 3.63) is 77.9 Å². The second kappa shape index (κ2) is 11.6. The van der Waals surface area contributed by atoms with Crippen LogP contribution in [0, 0.1) is 6.92 Å². The zero-order chi connectivity index (χ0) is 25.6. The number of ether oxygens (including phenoxy) is 1. The van der Waals surface area contributed by atoms with Crippen LogP contribution >= 0.6 is 11.8 Å². The fourth-order valence-electron chi connectivity index (χ4n) is 3.77. The van der Waals surface area contributed by atoms with E-state index in [4.69, 9.17) is 4.74 Å². The minimum atomic E-state index is -4.06. The Bertz CT molecular complexity index is 1270. The van der Waals surface area contributed by atoms with Crippen molar-refractivity contribution >= 4 is 39.1 Å². The highest BCUT2D eigenvalue weighted by molar-refractivity contribution is 7.98. The van der Waals surface area contributed by atoms with Crippen molar-refractivity contribution in [1.29, 1.82) is 0 Å². The van der Waals surface area contributed by atoms with Crippen LogP contribution in [0.5, 0.6) is 5.75 Å². The van der Waals surface area contributed by atoms with Crippen LogP contribution in [0.2, 0.25) is 0 Å². The lowest BCUT2D eigenvalue weighted by molar-refractivity contribution is -0.114. The van der Waals surface area contributed by atoms with Crippen LogP contribution in [0.25, 0.3) is 0 Å². The minimum absolute atomic E-state index is 0.105. The predicted octanol–water partition coefficient (Wildman–Crippen LogP) is 6.07. The van der Waals surface area contributed by atoms with E-state index in [2.05, 4.69) is 19.2 Å². The van der Waals surface area contributed by atoms with Crippen molar-refractivity contribution < 1.29 is 17.9 Å². The Morgan fingerprint density at radius 2 is 1.71 bits per heavy atom. The van der Waals surface area contributed by atoms with Crippen molar-refractivity contribution in [2.45, 2.75) is 43.4 Å². The molecule has 0 aliphatic carbocycles. The van der Waals surface area contributed by atoms with Crippen molar-refractivity contribution in [2.75, 3.05) is 29.0 Å². The molecule has 0 radical (unpaired) electrons. The summed E-state index contributed by atoms with van der Waals surface area (Å²) in [6, 6.07) is 19.3.